The Morgan fingerprint density at radius 3 is 1.49 bits per heavy atom. The molecule has 1 N–H and O–H groups in total. The van der Waals surface area contributed by atoms with E-state index in [1.807, 2.05) is 0 Å². The van der Waals surface area contributed by atoms with Gasteiger partial charge in [0.2, 0.25) is 0 Å². The van der Waals surface area contributed by atoms with Gasteiger partial charge in [0.15, 0.2) is 0 Å². The summed E-state index contributed by atoms with van der Waals surface area (Å²) in [7, 11) is -4.18. The highest BCUT2D eigenvalue weighted by Crippen LogP contribution is 2.15. The molecular formula is C29H48O7S. The molecule has 8 heteroatoms. The molecule has 0 aliphatic carbocycles. The summed E-state index contributed by atoms with van der Waals surface area (Å²) in [6.07, 6.45) is 18.9. The molecule has 0 spiro atoms. The van der Waals surface area contributed by atoms with Gasteiger partial charge in [-0.05, 0) is 25.5 Å². The number of benzene rings is 1. The first kappa shape index (κ1) is 33.1. The molecule has 0 fully saturated rings. The van der Waals surface area contributed by atoms with Crippen LogP contribution in [0.3, 0.4) is 0 Å². The first-order valence-electron chi connectivity index (χ1n) is 14.2. The minimum Gasteiger partial charge on any atom is -0.462 e. The second-order valence-corrected chi connectivity index (χ2v) is 11.7. The summed E-state index contributed by atoms with van der Waals surface area (Å²) < 4.78 is 41.6. The molecule has 1 atom stereocenters. The Morgan fingerprint density at radius 1 is 0.703 bits per heavy atom. The van der Waals surface area contributed by atoms with E-state index >= 15 is 0 Å². The lowest BCUT2D eigenvalue weighted by Gasteiger charge is -2.11. The summed E-state index contributed by atoms with van der Waals surface area (Å²) in [6, 6.07) is 6.23. The highest BCUT2D eigenvalue weighted by atomic mass is 32.2. The predicted molar refractivity (Wildman–Crippen MR) is 148 cm³/mol. The van der Waals surface area contributed by atoms with E-state index in [1.165, 1.54) is 96.1 Å². The van der Waals surface area contributed by atoms with E-state index < -0.39 is 27.3 Å². The highest BCUT2D eigenvalue weighted by Gasteiger charge is 2.21. The van der Waals surface area contributed by atoms with E-state index in [9.17, 15) is 18.0 Å². The van der Waals surface area contributed by atoms with Crippen LogP contribution in [0.2, 0.25) is 0 Å². The predicted octanol–water partition coefficient (Wildman–Crippen LogP) is 7.54. The highest BCUT2D eigenvalue weighted by molar-refractivity contribution is 7.86. The topological polar surface area (TPSA) is 107 Å². The van der Waals surface area contributed by atoms with Crippen molar-refractivity contribution in [1.29, 1.82) is 0 Å². The standard InChI is InChI=1S/C29H48O7S/c1-3-4-5-6-7-8-9-10-11-12-13-14-15-16-19-23-35-28(30)26-20-17-18-21-27(26)29(31)36-24-22-25(2)37(32,33)34/h17-18,20-21,25H,3-16,19,22-24H2,1-2H3,(H,32,33,34). The number of ether oxygens (including phenoxy) is 2. The van der Waals surface area contributed by atoms with Gasteiger partial charge in [0, 0.05) is 6.42 Å². The van der Waals surface area contributed by atoms with Gasteiger partial charge in [0.1, 0.15) is 0 Å². The van der Waals surface area contributed by atoms with Gasteiger partial charge in [-0.2, -0.15) is 8.42 Å². The van der Waals surface area contributed by atoms with Gasteiger partial charge in [0.25, 0.3) is 10.1 Å². The average molecular weight is 541 g/mol. The van der Waals surface area contributed by atoms with E-state index in [0.717, 1.165) is 19.3 Å². The second-order valence-electron chi connectivity index (χ2n) is 9.88. The number of hydrogen-bond donors (Lipinski definition) is 1. The summed E-state index contributed by atoms with van der Waals surface area (Å²) in [5, 5.41) is -1.05. The maximum Gasteiger partial charge on any atom is 0.339 e. The van der Waals surface area contributed by atoms with Crippen molar-refractivity contribution in [1.82, 2.24) is 0 Å². The van der Waals surface area contributed by atoms with Crippen molar-refractivity contribution in [3.8, 4) is 0 Å². The second kappa shape index (κ2) is 20.1. The largest absolute Gasteiger partial charge is 0.462 e. The quantitative estimate of drug-likeness (QED) is 0.0919. The Bertz CT molecular complexity index is 867. The van der Waals surface area contributed by atoms with Crippen LogP contribution >= 0.6 is 0 Å². The van der Waals surface area contributed by atoms with E-state index in [4.69, 9.17) is 14.0 Å². The minimum absolute atomic E-state index is 0.0453. The maximum absolute atomic E-state index is 12.5. The zero-order chi connectivity index (χ0) is 27.4. The molecule has 0 aliphatic heterocycles. The zero-order valence-corrected chi connectivity index (χ0v) is 23.7. The van der Waals surface area contributed by atoms with E-state index in [0.29, 0.717) is 6.61 Å². The van der Waals surface area contributed by atoms with Crippen molar-refractivity contribution in [3.63, 3.8) is 0 Å². The smallest absolute Gasteiger partial charge is 0.339 e. The van der Waals surface area contributed by atoms with Crippen LogP contribution in [0.4, 0.5) is 0 Å². The normalized spacial score (nSPS) is 12.3. The van der Waals surface area contributed by atoms with E-state index in [1.54, 1.807) is 12.1 Å². The van der Waals surface area contributed by atoms with Gasteiger partial charge in [-0.25, -0.2) is 9.59 Å². The molecule has 0 aliphatic rings. The fourth-order valence-electron chi connectivity index (χ4n) is 4.10. The lowest BCUT2D eigenvalue weighted by Crippen LogP contribution is -2.20. The van der Waals surface area contributed by atoms with Crippen molar-refractivity contribution in [2.24, 2.45) is 0 Å². The lowest BCUT2D eigenvalue weighted by molar-refractivity contribution is 0.0451. The molecule has 37 heavy (non-hydrogen) atoms. The van der Waals surface area contributed by atoms with Crippen molar-refractivity contribution in [2.45, 2.75) is 122 Å². The molecule has 1 rings (SSSR count). The summed E-state index contributed by atoms with van der Waals surface area (Å²) >= 11 is 0. The Labute approximate surface area is 224 Å². The van der Waals surface area contributed by atoms with Crippen LogP contribution in [0.5, 0.6) is 0 Å². The number of esters is 2. The molecule has 0 aromatic heterocycles. The first-order chi connectivity index (χ1) is 17.8. The number of unbranched alkanes of at least 4 members (excludes halogenated alkanes) is 14. The summed E-state index contributed by atoms with van der Waals surface area (Å²) in [4.78, 5) is 24.9. The van der Waals surface area contributed by atoms with Gasteiger partial charge in [-0.1, -0.05) is 109 Å². The Balaban J connectivity index is 2.15. The van der Waals surface area contributed by atoms with Gasteiger partial charge >= 0.3 is 11.9 Å². The molecule has 212 valence electrons. The molecule has 0 radical (unpaired) electrons. The van der Waals surface area contributed by atoms with Crippen LogP contribution in [0, 0.1) is 0 Å². The van der Waals surface area contributed by atoms with Gasteiger partial charge in [-0.15, -0.1) is 0 Å². The van der Waals surface area contributed by atoms with Gasteiger partial charge in [0.05, 0.1) is 29.6 Å². The molecular weight excluding hydrogens is 492 g/mol. The maximum atomic E-state index is 12.5. The molecule has 0 saturated carbocycles. The average Bonchev–Trinajstić information content (AvgIpc) is 2.87. The van der Waals surface area contributed by atoms with Crippen molar-refractivity contribution in [3.05, 3.63) is 35.4 Å². The van der Waals surface area contributed by atoms with Crippen molar-refractivity contribution < 1.29 is 32.0 Å². The molecule has 0 bridgehead atoms. The Kier molecular flexibility index (Phi) is 18.0. The molecule has 1 aromatic rings. The van der Waals surface area contributed by atoms with Crippen LogP contribution < -0.4 is 0 Å². The number of carbonyl (C=O) groups is 2. The molecule has 0 heterocycles. The third-order valence-corrected chi connectivity index (χ3v) is 7.87. The molecule has 1 unspecified atom stereocenters. The molecule has 7 nitrogen and oxygen atoms in total. The van der Waals surface area contributed by atoms with E-state index in [-0.39, 0.29) is 24.2 Å². The third kappa shape index (κ3) is 15.8. The zero-order valence-electron chi connectivity index (χ0n) is 22.9. The van der Waals surface area contributed by atoms with Gasteiger partial charge < -0.3 is 9.47 Å². The SMILES string of the molecule is CCCCCCCCCCCCCCCCCOC(=O)c1ccccc1C(=O)OCCC(C)S(=O)(=O)O. The Morgan fingerprint density at radius 2 is 1.08 bits per heavy atom. The third-order valence-electron chi connectivity index (χ3n) is 6.61. The minimum atomic E-state index is -4.18. The first-order valence-corrected chi connectivity index (χ1v) is 15.7. The van der Waals surface area contributed by atoms with Crippen LogP contribution in [0.15, 0.2) is 24.3 Å². The number of rotatable bonds is 22. The van der Waals surface area contributed by atoms with Crippen molar-refractivity contribution >= 4 is 22.1 Å². The Hall–Kier alpha value is -1.93. The van der Waals surface area contributed by atoms with Crippen LogP contribution in [-0.2, 0) is 19.6 Å². The van der Waals surface area contributed by atoms with E-state index in [2.05, 4.69) is 6.92 Å². The molecule has 0 saturated heterocycles. The lowest BCUT2D eigenvalue weighted by atomic mass is 10.0. The number of hydrogen-bond acceptors (Lipinski definition) is 6. The van der Waals surface area contributed by atoms with Crippen LogP contribution in [0.25, 0.3) is 0 Å². The van der Waals surface area contributed by atoms with Crippen LogP contribution in [-0.4, -0.2) is 43.4 Å². The molecule has 1 aromatic carbocycles. The van der Waals surface area contributed by atoms with Crippen LogP contribution in [0.1, 0.15) is 137 Å². The number of carbonyl (C=O) groups excluding carboxylic acids is 2. The monoisotopic (exact) mass is 540 g/mol. The van der Waals surface area contributed by atoms with Crippen molar-refractivity contribution in [2.75, 3.05) is 13.2 Å². The summed E-state index contributed by atoms with van der Waals surface area (Å²) in [6.45, 7) is 3.69. The fraction of sp³-hybridized carbons (Fsp3) is 0.724. The summed E-state index contributed by atoms with van der Waals surface area (Å²) in [5.74, 6) is -1.31. The fourth-order valence-corrected chi connectivity index (χ4v) is 4.49. The molecule has 0 amide bonds. The van der Waals surface area contributed by atoms with Gasteiger partial charge in [-0.3, -0.25) is 4.55 Å². The summed E-state index contributed by atoms with van der Waals surface area (Å²) in [5.41, 5.74) is 0.194.